The van der Waals surface area contributed by atoms with E-state index in [1.54, 1.807) is 24.3 Å². The Morgan fingerprint density at radius 2 is 1.72 bits per heavy atom. The molecule has 2 aromatic carbocycles. The van der Waals surface area contributed by atoms with Gasteiger partial charge in [0.25, 0.3) is 0 Å². The SMILES string of the molecule is C[N+]1(C)C2CCC1CC(COC(=O)Nc1ccc(F)cc1-c1cccc(Cl)c1)C2.O=C([O-])C(F)(F)F. The molecule has 1 amide bonds. The summed E-state index contributed by atoms with van der Waals surface area (Å²) < 4.78 is 52.0. The molecule has 0 aliphatic carbocycles. The van der Waals surface area contributed by atoms with Crippen LogP contribution in [0.2, 0.25) is 5.02 Å². The van der Waals surface area contributed by atoms with E-state index in [9.17, 15) is 22.4 Å². The number of carbonyl (C=O) groups is 2. The summed E-state index contributed by atoms with van der Waals surface area (Å²) in [6.07, 6.45) is -0.980. The van der Waals surface area contributed by atoms with Crippen molar-refractivity contribution in [3.8, 4) is 11.1 Å². The summed E-state index contributed by atoms with van der Waals surface area (Å²) in [7, 11) is 4.63. The maximum Gasteiger partial charge on any atom is 0.430 e. The van der Waals surface area contributed by atoms with Crippen LogP contribution in [-0.2, 0) is 9.53 Å². The second-order valence-electron chi connectivity index (χ2n) is 9.56. The molecule has 196 valence electrons. The average Bonchev–Trinajstić information content (AvgIpc) is 2.95. The van der Waals surface area contributed by atoms with E-state index in [4.69, 9.17) is 26.2 Å². The predicted molar refractivity (Wildman–Crippen MR) is 125 cm³/mol. The lowest BCUT2D eigenvalue weighted by Crippen LogP contribution is -2.55. The van der Waals surface area contributed by atoms with Crippen LogP contribution in [0.25, 0.3) is 11.1 Å². The fourth-order valence-electron chi connectivity index (χ4n) is 4.99. The summed E-state index contributed by atoms with van der Waals surface area (Å²) in [6.45, 7) is 0.423. The molecule has 2 unspecified atom stereocenters. The van der Waals surface area contributed by atoms with Gasteiger partial charge in [-0.1, -0.05) is 23.7 Å². The van der Waals surface area contributed by atoms with Crippen molar-refractivity contribution in [2.75, 3.05) is 26.0 Å². The number of anilines is 1. The van der Waals surface area contributed by atoms with Crippen molar-refractivity contribution in [3.63, 3.8) is 0 Å². The van der Waals surface area contributed by atoms with Crippen molar-refractivity contribution < 1.29 is 41.5 Å². The smallest absolute Gasteiger partial charge is 0.430 e. The number of carboxylic acid groups (broad SMARTS) is 1. The summed E-state index contributed by atoms with van der Waals surface area (Å²) in [6, 6.07) is 12.7. The highest BCUT2D eigenvalue weighted by atomic mass is 35.5. The van der Waals surface area contributed by atoms with E-state index in [1.807, 2.05) is 6.07 Å². The Kier molecular flexibility index (Phi) is 8.51. The number of alkyl halides is 3. The zero-order chi connectivity index (χ0) is 26.7. The molecule has 0 radical (unpaired) electrons. The molecule has 0 aromatic heterocycles. The van der Waals surface area contributed by atoms with E-state index < -0.39 is 18.2 Å². The number of nitrogens with one attached hydrogen (secondary N) is 1. The quantitative estimate of drug-likeness (QED) is 0.445. The lowest BCUT2D eigenvalue weighted by atomic mass is 9.90. The maximum atomic E-state index is 13.8. The fraction of sp³-hybridized carbons (Fsp3) is 0.440. The molecular weight excluding hydrogens is 504 g/mol. The Hall–Kier alpha value is -2.85. The largest absolute Gasteiger partial charge is 0.542 e. The molecule has 2 aromatic rings. The fourth-order valence-corrected chi connectivity index (χ4v) is 5.18. The molecule has 6 nitrogen and oxygen atoms in total. The predicted octanol–water partition coefficient (Wildman–Crippen LogP) is 5.01. The number of halogens is 5. The Morgan fingerprint density at radius 3 is 2.28 bits per heavy atom. The number of fused-ring (bicyclic) bond motifs is 2. The van der Waals surface area contributed by atoms with Crippen molar-refractivity contribution in [1.82, 2.24) is 0 Å². The number of quaternary nitrogens is 1. The molecule has 2 bridgehead atoms. The molecule has 1 N–H and O–H groups in total. The van der Waals surface area contributed by atoms with E-state index in [-0.39, 0.29) is 5.82 Å². The molecule has 0 saturated carbocycles. The Balaban J connectivity index is 0.000000454. The van der Waals surface area contributed by atoms with E-state index >= 15 is 0 Å². The van der Waals surface area contributed by atoms with Gasteiger partial charge in [0.1, 0.15) is 11.8 Å². The number of benzene rings is 2. The van der Waals surface area contributed by atoms with E-state index in [0.717, 1.165) is 22.9 Å². The van der Waals surface area contributed by atoms with E-state index in [0.29, 0.717) is 40.9 Å². The molecule has 0 spiro atoms. The minimum atomic E-state index is -5.19. The summed E-state index contributed by atoms with van der Waals surface area (Å²) in [5, 5.41) is 12.1. The summed E-state index contributed by atoms with van der Waals surface area (Å²) in [4.78, 5) is 21.2. The van der Waals surface area contributed by atoms with Gasteiger partial charge in [0.2, 0.25) is 0 Å². The standard InChI is InChI=1S/C23H26ClFN2O2.C2HF3O2/c1-27(2)19-7-8-20(27)11-15(10-19)14-29-23(28)26-22-9-6-18(25)13-21(22)16-4-3-5-17(24)12-16;3-2(4,5)1(6)7/h3-6,9,12-13,15,19-20H,7-8,10-11,14H2,1-2H3;(H,6,7). The second kappa shape index (κ2) is 11.0. The van der Waals surface area contributed by atoms with Gasteiger partial charge in [-0.25, -0.2) is 9.18 Å². The van der Waals surface area contributed by atoms with Crippen molar-refractivity contribution >= 4 is 29.4 Å². The summed E-state index contributed by atoms with van der Waals surface area (Å²) in [5.41, 5.74) is 1.80. The molecular formula is C25H27ClF4N2O4. The zero-order valence-corrected chi connectivity index (χ0v) is 20.5. The average molecular weight is 531 g/mol. The monoisotopic (exact) mass is 530 g/mol. The minimum absolute atomic E-state index is 0.377. The van der Waals surface area contributed by atoms with Gasteiger partial charge in [-0.15, -0.1) is 0 Å². The number of carbonyl (C=O) groups excluding carboxylic acids is 2. The van der Waals surface area contributed by atoms with Gasteiger partial charge in [0, 0.05) is 42.2 Å². The van der Waals surface area contributed by atoms with Crippen LogP contribution in [0.5, 0.6) is 0 Å². The molecule has 2 saturated heterocycles. The van der Waals surface area contributed by atoms with Gasteiger partial charge in [0.05, 0.1) is 38.5 Å². The summed E-state index contributed by atoms with van der Waals surface area (Å²) >= 11 is 6.07. The highest BCUT2D eigenvalue weighted by molar-refractivity contribution is 6.30. The van der Waals surface area contributed by atoms with E-state index in [1.165, 1.54) is 25.0 Å². The van der Waals surface area contributed by atoms with Crippen molar-refractivity contribution in [2.45, 2.75) is 43.9 Å². The number of piperidine rings is 1. The molecule has 2 atom stereocenters. The van der Waals surface area contributed by atoms with Crippen molar-refractivity contribution in [1.29, 1.82) is 0 Å². The van der Waals surface area contributed by atoms with Gasteiger partial charge in [-0.3, -0.25) is 5.32 Å². The first kappa shape index (κ1) is 27.7. The van der Waals surface area contributed by atoms with Crippen LogP contribution in [0.1, 0.15) is 25.7 Å². The van der Waals surface area contributed by atoms with Gasteiger partial charge >= 0.3 is 12.3 Å². The third-order valence-corrected chi connectivity index (χ3v) is 7.20. The molecule has 36 heavy (non-hydrogen) atoms. The number of nitrogens with zero attached hydrogens (tertiary/aromatic N) is 1. The molecule has 4 rings (SSSR count). The normalized spacial score (nSPS) is 22.2. The molecule has 2 aliphatic heterocycles. The van der Waals surface area contributed by atoms with Crippen molar-refractivity contribution in [3.05, 3.63) is 53.3 Å². The first-order valence-corrected chi connectivity index (χ1v) is 11.8. The van der Waals surface area contributed by atoms with Gasteiger partial charge in [-0.2, -0.15) is 13.2 Å². The number of rotatable bonds is 4. The second-order valence-corrected chi connectivity index (χ2v) is 10.00. The summed E-state index contributed by atoms with van der Waals surface area (Å²) in [5.74, 6) is -2.98. The maximum absolute atomic E-state index is 13.8. The number of hydrogen-bond donors (Lipinski definition) is 1. The number of hydrogen-bond acceptors (Lipinski definition) is 4. The van der Waals surface area contributed by atoms with Crippen LogP contribution in [0.15, 0.2) is 42.5 Å². The lowest BCUT2D eigenvalue weighted by molar-refractivity contribution is -0.931. The minimum Gasteiger partial charge on any atom is -0.542 e. The molecule has 2 aliphatic rings. The van der Waals surface area contributed by atoms with Crippen LogP contribution in [0.3, 0.4) is 0 Å². The number of ether oxygens (including phenoxy) is 1. The van der Waals surface area contributed by atoms with Gasteiger partial charge in [0.15, 0.2) is 0 Å². The van der Waals surface area contributed by atoms with E-state index in [2.05, 4.69) is 19.4 Å². The van der Waals surface area contributed by atoms with Crippen LogP contribution in [-0.4, -0.2) is 55.5 Å². The Bertz CT molecular complexity index is 1090. The first-order valence-electron chi connectivity index (χ1n) is 11.4. The highest BCUT2D eigenvalue weighted by Crippen LogP contribution is 2.42. The number of carboxylic acids is 1. The molecule has 2 heterocycles. The number of amides is 1. The van der Waals surface area contributed by atoms with Crippen LogP contribution >= 0.6 is 11.6 Å². The Labute approximate surface area is 211 Å². The van der Waals surface area contributed by atoms with Crippen molar-refractivity contribution in [2.24, 2.45) is 5.92 Å². The highest BCUT2D eigenvalue weighted by Gasteiger charge is 2.48. The third-order valence-electron chi connectivity index (χ3n) is 6.96. The Morgan fingerprint density at radius 1 is 1.11 bits per heavy atom. The van der Waals surface area contributed by atoms with Gasteiger partial charge in [-0.05, 0) is 35.9 Å². The number of aliphatic carboxylic acids is 1. The zero-order valence-electron chi connectivity index (χ0n) is 19.8. The first-order chi connectivity index (χ1) is 16.8. The molecule has 2 fully saturated rings. The topological polar surface area (TPSA) is 78.5 Å². The van der Waals surface area contributed by atoms with Crippen LogP contribution in [0, 0.1) is 11.7 Å². The lowest BCUT2D eigenvalue weighted by Gasteiger charge is -2.44. The van der Waals surface area contributed by atoms with Crippen LogP contribution < -0.4 is 10.4 Å². The van der Waals surface area contributed by atoms with Crippen LogP contribution in [0.4, 0.5) is 28.0 Å². The van der Waals surface area contributed by atoms with Gasteiger partial charge < -0.3 is 19.1 Å². The third kappa shape index (κ3) is 6.88. The molecule has 11 heteroatoms.